The Labute approximate surface area is 362 Å². The topological polar surface area (TPSA) is 186 Å². The van der Waals surface area contributed by atoms with E-state index in [9.17, 15) is 27.6 Å². The molecule has 320 valence electrons. The molecule has 9 rings (SSSR count). The van der Waals surface area contributed by atoms with Crippen LogP contribution in [0.2, 0.25) is 0 Å². The first-order valence-electron chi connectivity index (χ1n) is 21.1. The fourth-order valence-corrected chi connectivity index (χ4v) is 12.6. The van der Waals surface area contributed by atoms with E-state index in [-0.39, 0.29) is 37.8 Å². The summed E-state index contributed by atoms with van der Waals surface area (Å²) in [6, 6.07) is 16.6. The Morgan fingerprint density at radius 1 is 0.902 bits per heavy atom. The van der Waals surface area contributed by atoms with Crippen LogP contribution in [-0.4, -0.2) is 88.1 Å². The van der Waals surface area contributed by atoms with Crippen LogP contribution in [0.3, 0.4) is 0 Å². The molecule has 6 atom stereocenters. The molecule has 0 radical (unpaired) electrons. The van der Waals surface area contributed by atoms with Crippen molar-refractivity contribution < 1.29 is 37.1 Å². The summed E-state index contributed by atoms with van der Waals surface area (Å²) in [6.07, 6.45) is 9.34. The number of hydrogen-bond donors (Lipinski definition) is 3. The number of thioether (sulfide) groups is 1. The highest BCUT2D eigenvalue weighted by Crippen LogP contribution is 2.47. The first kappa shape index (κ1) is 41.4. The van der Waals surface area contributed by atoms with Gasteiger partial charge in [0.1, 0.15) is 40.1 Å². The third-order valence-corrected chi connectivity index (χ3v) is 16.6. The summed E-state index contributed by atoms with van der Waals surface area (Å²) in [5, 5.41) is 7.71. The average molecular weight is 885 g/mol. The summed E-state index contributed by atoms with van der Waals surface area (Å²) in [5.41, 5.74) is 1.14. The third-order valence-electron chi connectivity index (χ3n) is 12.3. The van der Waals surface area contributed by atoms with E-state index >= 15 is 0 Å². The van der Waals surface area contributed by atoms with Crippen LogP contribution in [0.15, 0.2) is 83.1 Å². The van der Waals surface area contributed by atoms with Gasteiger partial charge in [-0.25, -0.2) is 23.2 Å². The highest BCUT2D eigenvalue weighted by molar-refractivity contribution is 8.13. The number of ether oxygens (including phenoxy) is 2. The number of rotatable bonds is 8. The van der Waals surface area contributed by atoms with E-state index in [4.69, 9.17) is 19.4 Å². The first-order valence-corrected chi connectivity index (χ1v) is 24.4. The van der Waals surface area contributed by atoms with Gasteiger partial charge in [-0.1, -0.05) is 61.4 Å². The summed E-state index contributed by atoms with van der Waals surface area (Å²) in [7, 11) is -4.17. The van der Waals surface area contributed by atoms with Gasteiger partial charge in [0.25, 0.3) is 5.91 Å². The zero-order valence-electron chi connectivity index (χ0n) is 33.5. The molecule has 61 heavy (non-hydrogen) atoms. The Kier molecular flexibility index (Phi) is 11.8. The Balaban J connectivity index is 1.01. The fourth-order valence-electron chi connectivity index (χ4n) is 8.91. The van der Waals surface area contributed by atoms with E-state index in [1.807, 2.05) is 78.2 Å². The molecule has 3 fully saturated rings. The van der Waals surface area contributed by atoms with Gasteiger partial charge < -0.3 is 25.0 Å². The first-order chi connectivity index (χ1) is 29.6. The van der Waals surface area contributed by atoms with Gasteiger partial charge in [0, 0.05) is 23.7 Å². The number of nitrogens with zero attached hydrogens (tertiary/aromatic N) is 3. The summed E-state index contributed by atoms with van der Waals surface area (Å²) in [6.45, 7) is -0.0263. The molecule has 5 heterocycles. The lowest BCUT2D eigenvalue weighted by molar-refractivity contribution is -0.141. The second-order valence-corrected chi connectivity index (χ2v) is 20.9. The van der Waals surface area contributed by atoms with Gasteiger partial charge in [-0.05, 0) is 86.6 Å². The molecule has 0 spiro atoms. The van der Waals surface area contributed by atoms with Crippen molar-refractivity contribution in [3.63, 3.8) is 0 Å². The molecule has 5 aliphatic rings. The van der Waals surface area contributed by atoms with Gasteiger partial charge in [0.05, 0.1) is 22.5 Å². The van der Waals surface area contributed by atoms with Crippen molar-refractivity contribution in [2.75, 3.05) is 6.54 Å². The van der Waals surface area contributed by atoms with Crippen LogP contribution < -0.4 is 20.1 Å². The minimum absolute atomic E-state index is 0.0263. The minimum Gasteiger partial charge on any atom is -0.471 e. The maximum Gasteiger partial charge on any atom is 0.408 e. The van der Waals surface area contributed by atoms with Crippen molar-refractivity contribution in [2.45, 2.75) is 116 Å². The van der Waals surface area contributed by atoms with Gasteiger partial charge in [-0.3, -0.25) is 19.1 Å². The lowest BCUT2D eigenvalue weighted by Crippen LogP contribution is -2.58. The molecule has 2 unspecified atom stereocenters. The molecule has 4 aromatic rings. The molecular weight excluding hydrogens is 837 g/mol. The zero-order chi connectivity index (χ0) is 42.1. The van der Waals surface area contributed by atoms with Gasteiger partial charge >= 0.3 is 6.09 Å². The van der Waals surface area contributed by atoms with Crippen molar-refractivity contribution in [2.24, 2.45) is 5.92 Å². The molecule has 17 heteroatoms. The molecule has 3 aliphatic heterocycles. The SMILES string of the molecule is O=C(N[C@H]1CCCCC/C=C\C2C[C@@]2(C(=O)NS(=O)(=O)C2Cc3ccccc3S2)NC(=O)[C@@H]2C[C@@H](Oc3nc4ccccc4nc3-c3cccs3)CN2C1=O)OC1CCCC1. The Morgan fingerprint density at radius 3 is 2.46 bits per heavy atom. The van der Waals surface area contributed by atoms with Gasteiger partial charge in [-0.2, -0.15) is 0 Å². The number of allylic oxidation sites excluding steroid dienone is 1. The number of hydrogen-bond acceptors (Lipinski definition) is 12. The lowest BCUT2D eigenvalue weighted by atomic mass is 10.0. The maximum absolute atomic E-state index is 14.8. The Bertz CT molecular complexity index is 2430. The summed E-state index contributed by atoms with van der Waals surface area (Å²) in [4.78, 5) is 69.8. The van der Waals surface area contributed by atoms with Crippen LogP contribution in [0.4, 0.5) is 4.79 Å². The monoisotopic (exact) mass is 884 g/mol. The normalized spacial score (nSPS) is 27.5. The van der Waals surface area contributed by atoms with Crippen molar-refractivity contribution >= 4 is 68.0 Å². The second kappa shape index (κ2) is 17.4. The predicted molar refractivity (Wildman–Crippen MR) is 231 cm³/mol. The quantitative estimate of drug-likeness (QED) is 0.170. The van der Waals surface area contributed by atoms with Crippen molar-refractivity contribution in [3.8, 4) is 16.5 Å². The van der Waals surface area contributed by atoms with E-state index in [0.29, 0.717) is 36.0 Å². The summed E-state index contributed by atoms with van der Waals surface area (Å²) < 4.78 is 41.3. The number of sulfonamides is 1. The zero-order valence-corrected chi connectivity index (χ0v) is 35.9. The van der Waals surface area contributed by atoms with Crippen molar-refractivity contribution in [1.82, 2.24) is 30.2 Å². The molecule has 1 saturated heterocycles. The van der Waals surface area contributed by atoms with E-state index in [0.717, 1.165) is 53.9 Å². The highest BCUT2D eigenvalue weighted by atomic mass is 32.3. The number of carbonyl (C=O) groups is 4. The van der Waals surface area contributed by atoms with Crippen LogP contribution in [0.1, 0.15) is 76.2 Å². The number of amides is 4. The molecule has 4 amide bonds. The lowest BCUT2D eigenvalue weighted by Gasteiger charge is -2.30. The van der Waals surface area contributed by atoms with Crippen LogP contribution in [0, 0.1) is 5.92 Å². The Hall–Kier alpha value is -5.00. The standard InChI is InChI=1S/C44H48N6O8S3/c51-39-34-24-30(57-40-38(36-21-12-22-59-36)45-31-17-9-10-18-32(31)46-40)26-50(34)41(52)33(47-43(54)58-29-15-7-8-16-29)19-5-3-1-2-4-14-28-25-44(28,48-39)42(53)49-61(55,56)37-23-27-13-6-11-20-35(27)60-37/h4,6,9-14,17-18,20-22,28-30,33-34,37H,1-3,5,7-8,15-16,19,23-26H2,(H,47,54)(H,48,51)(H,49,53)/b14-4-/t28?,30-,33+,34+,37?,44-/m1/s1. The molecule has 3 N–H and O–H groups in total. The van der Waals surface area contributed by atoms with Gasteiger partial charge in [0.15, 0.2) is 0 Å². The Morgan fingerprint density at radius 2 is 1.67 bits per heavy atom. The maximum atomic E-state index is 14.8. The molecule has 2 aromatic carbocycles. The van der Waals surface area contributed by atoms with Crippen LogP contribution in [-0.2, 0) is 35.6 Å². The summed E-state index contributed by atoms with van der Waals surface area (Å²) >= 11 is 2.67. The van der Waals surface area contributed by atoms with Gasteiger partial charge in [0.2, 0.25) is 27.7 Å². The number of alkyl carbamates (subject to hydrolysis) is 1. The van der Waals surface area contributed by atoms with Gasteiger partial charge in [-0.15, -0.1) is 23.1 Å². The molecular formula is C44H48N6O8S3. The smallest absolute Gasteiger partial charge is 0.408 e. The molecule has 2 aromatic heterocycles. The largest absolute Gasteiger partial charge is 0.471 e. The minimum atomic E-state index is -4.17. The molecule has 14 nitrogen and oxygen atoms in total. The van der Waals surface area contributed by atoms with E-state index in [1.165, 1.54) is 28.0 Å². The fraction of sp³-hybridized carbons (Fsp3) is 0.455. The van der Waals surface area contributed by atoms with Crippen LogP contribution in [0.25, 0.3) is 21.6 Å². The number of para-hydroxylation sites is 2. The molecule has 2 saturated carbocycles. The second-order valence-electron chi connectivity index (χ2n) is 16.5. The number of benzene rings is 2. The van der Waals surface area contributed by atoms with Crippen molar-refractivity contribution in [3.05, 3.63) is 83.8 Å². The number of fused-ring (bicyclic) bond motifs is 4. The number of thiophene rings is 1. The molecule has 0 bridgehead atoms. The summed E-state index contributed by atoms with van der Waals surface area (Å²) in [5.74, 6) is -2.14. The van der Waals surface area contributed by atoms with Crippen LogP contribution >= 0.6 is 23.1 Å². The number of carbonyl (C=O) groups excluding carboxylic acids is 4. The van der Waals surface area contributed by atoms with Crippen molar-refractivity contribution in [1.29, 1.82) is 0 Å². The van der Waals surface area contributed by atoms with E-state index in [2.05, 4.69) is 15.4 Å². The third kappa shape index (κ3) is 8.87. The van der Waals surface area contributed by atoms with Crippen LogP contribution in [0.5, 0.6) is 5.88 Å². The molecule has 2 aliphatic carbocycles. The average Bonchev–Trinajstić information content (AvgIpc) is 3.90. The van der Waals surface area contributed by atoms with E-state index < -0.39 is 68.1 Å². The highest BCUT2D eigenvalue weighted by Gasteiger charge is 2.62. The number of nitrogens with one attached hydrogen (secondary N) is 3. The van der Waals surface area contributed by atoms with E-state index in [1.54, 1.807) is 0 Å². The number of aromatic nitrogens is 2. The predicted octanol–water partition coefficient (Wildman–Crippen LogP) is 6.26.